The number of hydrogen-bond acceptors (Lipinski definition) is 3. The maximum absolute atomic E-state index is 12.9. The van der Waals surface area contributed by atoms with Crippen molar-refractivity contribution in [1.82, 2.24) is 4.31 Å². The largest absolute Gasteiger partial charge is 0.391 e. The SMILES string of the molecule is O=S(=O)(c1ccc(F)cc1)N1CC2CC3CC2C1C3O. The molecule has 3 aliphatic rings. The second kappa shape index (κ2) is 4.02. The van der Waals surface area contributed by atoms with Gasteiger partial charge in [-0.3, -0.25) is 0 Å². The first-order valence-corrected chi connectivity index (χ1v) is 8.38. The van der Waals surface area contributed by atoms with Crippen molar-refractivity contribution in [2.24, 2.45) is 17.8 Å². The van der Waals surface area contributed by atoms with Crippen LogP contribution in [0.2, 0.25) is 0 Å². The number of fused-ring (bicyclic) bond motifs is 1. The van der Waals surface area contributed by atoms with Crippen molar-refractivity contribution in [3.63, 3.8) is 0 Å². The molecule has 2 aliphatic carbocycles. The lowest BCUT2D eigenvalue weighted by Gasteiger charge is -2.28. The van der Waals surface area contributed by atoms with Crippen molar-refractivity contribution in [3.05, 3.63) is 30.1 Å². The Hall–Kier alpha value is -0.980. The third-order valence-electron chi connectivity index (χ3n) is 5.22. The summed E-state index contributed by atoms with van der Waals surface area (Å²) in [4.78, 5) is 0.107. The maximum Gasteiger partial charge on any atom is 0.243 e. The highest BCUT2D eigenvalue weighted by Crippen LogP contribution is 2.55. The summed E-state index contributed by atoms with van der Waals surface area (Å²) in [6.07, 6.45) is 1.32. The van der Waals surface area contributed by atoms with Crippen LogP contribution >= 0.6 is 0 Å². The molecule has 1 aromatic rings. The fraction of sp³-hybridized carbons (Fsp3) is 0.571. The molecule has 4 rings (SSSR count). The molecular weight excluding hydrogens is 281 g/mol. The standard InChI is InChI=1S/C14H16FNO3S/c15-10-1-3-11(4-2-10)20(18,19)16-7-9-5-8-6-12(9)13(16)14(8)17/h1-4,8-9,12-14,17H,5-7H2. The Bertz CT molecular complexity index is 643. The lowest BCUT2D eigenvalue weighted by atomic mass is 9.88. The van der Waals surface area contributed by atoms with Gasteiger partial charge < -0.3 is 5.11 Å². The Balaban J connectivity index is 1.72. The molecule has 1 saturated heterocycles. The number of aliphatic hydroxyl groups is 1. The van der Waals surface area contributed by atoms with Gasteiger partial charge in [-0.2, -0.15) is 4.31 Å². The van der Waals surface area contributed by atoms with E-state index in [9.17, 15) is 17.9 Å². The monoisotopic (exact) mass is 297 g/mol. The summed E-state index contributed by atoms with van der Waals surface area (Å²) >= 11 is 0. The molecule has 1 aliphatic heterocycles. The predicted molar refractivity (Wildman–Crippen MR) is 69.8 cm³/mol. The summed E-state index contributed by atoms with van der Waals surface area (Å²) in [5, 5.41) is 10.3. The molecular formula is C14H16FNO3S. The van der Waals surface area contributed by atoms with Crippen LogP contribution < -0.4 is 0 Å². The van der Waals surface area contributed by atoms with Gasteiger partial charge in [0.25, 0.3) is 0 Å². The van der Waals surface area contributed by atoms with Crippen LogP contribution in [-0.2, 0) is 10.0 Å². The van der Waals surface area contributed by atoms with Gasteiger partial charge in [0.2, 0.25) is 10.0 Å². The fourth-order valence-corrected chi connectivity index (χ4v) is 6.12. The summed E-state index contributed by atoms with van der Waals surface area (Å²) in [5.74, 6) is 0.476. The van der Waals surface area contributed by atoms with E-state index in [4.69, 9.17) is 0 Å². The molecule has 20 heavy (non-hydrogen) atoms. The summed E-state index contributed by atoms with van der Waals surface area (Å²) < 4.78 is 39.8. The molecule has 0 spiro atoms. The third kappa shape index (κ3) is 1.55. The Morgan fingerprint density at radius 1 is 1.15 bits per heavy atom. The number of rotatable bonds is 2. The third-order valence-corrected chi connectivity index (χ3v) is 7.10. The van der Waals surface area contributed by atoms with E-state index in [0.29, 0.717) is 18.4 Å². The maximum atomic E-state index is 12.9. The summed E-state index contributed by atoms with van der Waals surface area (Å²) in [6, 6.07) is 4.62. The molecule has 2 bridgehead atoms. The molecule has 0 radical (unpaired) electrons. The van der Waals surface area contributed by atoms with Crippen molar-refractivity contribution in [2.45, 2.75) is 29.9 Å². The number of sulfonamides is 1. The first-order chi connectivity index (χ1) is 9.48. The highest BCUT2D eigenvalue weighted by Gasteiger charge is 2.61. The second-order valence-corrected chi connectivity index (χ2v) is 8.06. The van der Waals surface area contributed by atoms with Crippen LogP contribution in [0, 0.1) is 23.6 Å². The zero-order valence-corrected chi connectivity index (χ0v) is 11.6. The van der Waals surface area contributed by atoms with Crippen LogP contribution in [0.4, 0.5) is 4.39 Å². The number of benzene rings is 1. The van der Waals surface area contributed by atoms with Crippen LogP contribution in [0.5, 0.6) is 0 Å². The van der Waals surface area contributed by atoms with Gasteiger partial charge >= 0.3 is 0 Å². The van der Waals surface area contributed by atoms with E-state index < -0.39 is 21.9 Å². The minimum atomic E-state index is -3.64. The lowest BCUT2D eigenvalue weighted by molar-refractivity contribution is 0.0731. The van der Waals surface area contributed by atoms with E-state index in [0.717, 1.165) is 25.0 Å². The molecule has 1 heterocycles. The Morgan fingerprint density at radius 3 is 2.50 bits per heavy atom. The minimum absolute atomic E-state index is 0.107. The molecule has 0 aromatic heterocycles. The van der Waals surface area contributed by atoms with Crippen LogP contribution in [0.1, 0.15) is 12.8 Å². The van der Waals surface area contributed by atoms with E-state index in [2.05, 4.69) is 0 Å². The minimum Gasteiger partial charge on any atom is -0.391 e. The molecule has 1 aromatic carbocycles. The average molecular weight is 297 g/mol. The molecule has 1 N–H and O–H groups in total. The van der Waals surface area contributed by atoms with Gasteiger partial charge in [0, 0.05) is 6.54 Å². The second-order valence-electron chi connectivity index (χ2n) is 6.17. The van der Waals surface area contributed by atoms with Gasteiger partial charge in [-0.25, -0.2) is 12.8 Å². The molecule has 6 heteroatoms. The zero-order valence-electron chi connectivity index (χ0n) is 10.8. The van der Waals surface area contributed by atoms with Crippen molar-refractivity contribution in [2.75, 3.05) is 6.54 Å². The van der Waals surface area contributed by atoms with Gasteiger partial charge in [-0.05, 0) is 54.9 Å². The average Bonchev–Trinajstić information content (AvgIpc) is 3.00. The molecule has 2 saturated carbocycles. The van der Waals surface area contributed by atoms with Gasteiger partial charge in [0.1, 0.15) is 5.82 Å². The predicted octanol–water partition coefficient (Wildman–Crippen LogP) is 1.22. The number of halogens is 1. The zero-order chi connectivity index (χ0) is 14.1. The van der Waals surface area contributed by atoms with Crippen LogP contribution in [-0.4, -0.2) is 36.5 Å². The van der Waals surface area contributed by atoms with Gasteiger partial charge in [-0.15, -0.1) is 0 Å². The van der Waals surface area contributed by atoms with E-state index in [-0.39, 0.29) is 16.9 Å². The molecule has 108 valence electrons. The summed E-state index contributed by atoms with van der Waals surface area (Å²) in [6.45, 7) is 0.489. The van der Waals surface area contributed by atoms with Crippen LogP contribution in [0.25, 0.3) is 0 Å². The van der Waals surface area contributed by atoms with E-state index >= 15 is 0 Å². The molecule has 0 amide bonds. The fourth-order valence-electron chi connectivity index (χ4n) is 4.38. The molecule has 5 unspecified atom stereocenters. The number of aliphatic hydroxyl groups excluding tert-OH is 1. The number of hydrogen-bond donors (Lipinski definition) is 1. The smallest absolute Gasteiger partial charge is 0.243 e. The molecule has 4 nitrogen and oxygen atoms in total. The Kier molecular flexibility index (Phi) is 2.56. The molecule has 5 atom stereocenters. The number of nitrogens with zero attached hydrogens (tertiary/aromatic N) is 1. The topological polar surface area (TPSA) is 57.6 Å². The van der Waals surface area contributed by atoms with Gasteiger partial charge in [0.15, 0.2) is 0 Å². The van der Waals surface area contributed by atoms with Crippen LogP contribution in [0.15, 0.2) is 29.2 Å². The highest BCUT2D eigenvalue weighted by molar-refractivity contribution is 7.89. The summed E-state index contributed by atoms with van der Waals surface area (Å²) in [5.41, 5.74) is 0. The van der Waals surface area contributed by atoms with Crippen molar-refractivity contribution in [3.8, 4) is 0 Å². The Labute approximate surface area is 117 Å². The van der Waals surface area contributed by atoms with Crippen molar-refractivity contribution < 1.29 is 17.9 Å². The normalized spacial score (nSPS) is 39.6. The Morgan fingerprint density at radius 2 is 1.85 bits per heavy atom. The van der Waals surface area contributed by atoms with Crippen LogP contribution in [0.3, 0.4) is 0 Å². The summed E-state index contributed by atoms with van der Waals surface area (Å²) in [7, 11) is -3.64. The first kappa shape index (κ1) is 12.7. The van der Waals surface area contributed by atoms with Gasteiger partial charge in [0.05, 0.1) is 17.0 Å². The van der Waals surface area contributed by atoms with Crippen molar-refractivity contribution >= 4 is 10.0 Å². The van der Waals surface area contributed by atoms with E-state index in [1.54, 1.807) is 0 Å². The van der Waals surface area contributed by atoms with E-state index in [1.807, 2.05) is 0 Å². The highest BCUT2D eigenvalue weighted by atomic mass is 32.2. The van der Waals surface area contributed by atoms with Gasteiger partial charge in [-0.1, -0.05) is 0 Å². The lowest BCUT2D eigenvalue weighted by Crippen LogP contribution is -2.43. The van der Waals surface area contributed by atoms with E-state index in [1.165, 1.54) is 16.4 Å². The van der Waals surface area contributed by atoms with Crippen molar-refractivity contribution in [1.29, 1.82) is 0 Å². The first-order valence-electron chi connectivity index (χ1n) is 6.94. The molecule has 3 fully saturated rings. The quantitative estimate of drug-likeness (QED) is 0.893.